The second kappa shape index (κ2) is 7.46. The van der Waals surface area contributed by atoms with Crippen LogP contribution in [-0.4, -0.2) is 47.9 Å². The Morgan fingerprint density at radius 1 is 1.19 bits per heavy atom. The number of ether oxygens (including phenoxy) is 2. The van der Waals surface area contributed by atoms with E-state index in [2.05, 4.69) is 10.3 Å². The zero-order valence-corrected chi connectivity index (χ0v) is 16.0. The maximum absolute atomic E-state index is 12.7. The average Bonchev–Trinajstić information content (AvgIpc) is 3.13. The van der Waals surface area contributed by atoms with Crippen molar-refractivity contribution in [3.8, 4) is 0 Å². The molecule has 2 fully saturated rings. The molecular formula is C20H22ClN3O3. The molecule has 0 unspecified atom stereocenters. The fourth-order valence-corrected chi connectivity index (χ4v) is 3.75. The van der Waals surface area contributed by atoms with Gasteiger partial charge in [-0.2, -0.15) is 0 Å². The van der Waals surface area contributed by atoms with Gasteiger partial charge in [0.05, 0.1) is 18.8 Å². The highest BCUT2D eigenvalue weighted by molar-refractivity contribution is 6.30. The van der Waals surface area contributed by atoms with Gasteiger partial charge < -0.3 is 19.7 Å². The third-order valence-electron chi connectivity index (χ3n) is 5.09. The van der Waals surface area contributed by atoms with E-state index < -0.39 is 5.79 Å². The molecule has 1 aromatic carbocycles. The monoisotopic (exact) mass is 387 g/mol. The van der Waals surface area contributed by atoms with Crippen molar-refractivity contribution in [2.75, 3.05) is 31.6 Å². The van der Waals surface area contributed by atoms with E-state index in [4.69, 9.17) is 21.1 Å². The molecule has 1 amide bonds. The van der Waals surface area contributed by atoms with Gasteiger partial charge in [0.1, 0.15) is 5.82 Å². The number of benzene rings is 1. The minimum Gasteiger partial charge on any atom is -0.347 e. The number of nitrogens with one attached hydrogen (secondary N) is 1. The molecule has 3 heterocycles. The minimum absolute atomic E-state index is 0.00966. The van der Waals surface area contributed by atoms with Crippen LogP contribution < -0.4 is 5.32 Å². The summed E-state index contributed by atoms with van der Waals surface area (Å²) in [4.78, 5) is 19.0. The number of carbonyl (C=O) groups is 1. The average molecular weight is 388 g/mol. The first-order valence-electron chi connectivity index (χ1n) is 9.11. The van der Waals surface area contributed by atoms with Crippen molar-refractivity contribution in [1.82, 2.24) is 9.88 Å². The SMILES string of the molecule is Cc1cc(Cl)ccc1Nc1ccc(C(=O)N2CCC3(CC2)OCCO3)cn1. The Hall–Kier alpha value is -2.15. The summed E-state index contributed by atoms with van der Waals surface area (Å²) in [6, 6.07) is 9.25. The van der Waals surface area contributed by atoms with E-state index in [9.17, 15) is 4.79 Å². The lowest BCUT2D eigenvalue weighted by Gasteiger charge is -2.37. The lowest BCUT2D eigenvalue weighted by Crippen LogP contribution is -2.47. The summed E-state index contributed by atoms with van der Waals surface area (Å²) >= 11 is 5.99. The van der Waals surface area contributed by atoms with Gasteiger partial charge in [0, 0.05) is 42.8 Å². The summed E-state index contributed by atoms with van der Waals surface area (Å²) in [6.07, 6.45) is 3.03. The molecule has 0 bridgehead atoms. The molecular weight excluding hydrogens is 366 g/mol. The molecule has 27 heavy (non-hydrogen) atoms. The van der Waals surface area contributed by atoms with E-state index in [0.29, 0.717) is 55.5 Å². The van der Waals surface area contributed by atoms with Crippen molar-refractivity contribution >= 4 is 29.0 Å². The first-order chi connectivity index (χ1) is 13.0. The maximum atomic E-state index is 12.7. The number of hydrogen-bond acceptors (Lipinski definition) is 5. The lowest BCUT2D eigenvalue weighted by atomic mass is 10.0. The summed E-state index contributed by atoms with van der Waals surface area (Å²) in [6.45, 7) is 4.51. The smallest absolute Gasteiger partial charge is 0.255 e. The summed E-state index contributed by atoms with van der Waals surface area (Å²) in [5, 5.41) is 3.95. The number of amides is 1. The first kappa shape index (κ1) is 18.2. The fourth-order valence-electron chi connectivity index (χ4n) is 3.52. The highest BCUT2D eigenvalue weighted by atomic mass is 35.5. The molecule has 4 rings (SSSR count). The van der Waals surface area contributed by atoms with E-state index in [0.717, 1.165) is 11.3 Å². The van der Waals surface area contributed by atoms with Crippen LogP contribution in [0.25, 0.3) is 0 Å². The van der Waals surface area contributed by atoms with Crippen LogP contribution in [-0.2, 0) is 9.47 Å². The molecule has 2 aromatic rings. The number of rotatable bonds is 3. The van der Waals surface area contributed by atoms with Gasteiger partial charge in [0.25, 0.3) is 5.91 Å². The van der Waals surface area contributed by atoms with Crippen molar-refractivity contribution in [3.63, 3.8) is 0 Å². The number of piperidine rings is 1. The van der Waals surface area contributed by atoms with Crippen LogP contribution in [0, 0.1) is 6.92 Å². The van der Waals surface area contributed by atoms with Crippen LogP contribution in [0.15, 0.2) is 36.5 Å². The summed E-state index contributed by atoms with van der Waals surface area (Å²) in [5.41, 5.74) is 2.55. The van der Waals surface area contributed by atoms with Crippen LogP contribution in [0.1, 0.15) is 28.8 Å². The van der Waals surface area contributed by atoms with Gasteiger partial charge in [0.15, 0.2) is 5.79 Å². The number of hydrogen-bond donors (Lipinski definition) is 1. The number of pyridine rings is 1. The van der Waals surface area contributed by atoms with E-state index >= 15 is 0 Å². The molecule has 0 radical (unpaired) electrons. The number of aryl methyl sites for hydroxylation is 1. The molecule has 0 atom stereocenters. The van der Waals surface area contributed by atoms with E-state index in [1.807, 2.05) is 36.1 Å². The Balaban J connectivity index is 1.39. The number of carbonyl (C=O) groups excluding carboxylic acids is 1. The largest absolute Gasteiger partial charge is 0.347 e. The molecule has 2 aliphatic heterocycles. The van der Waals surface area contributed by atoms with Crippen molar-refractivity contribution < 1.29 is 14.3 Å². The van der Waals surface area contributed by atoms with Gasteiger partial charge in [-0.25, -0.2) is 4.98 Å². The minimum atomic E-state index is -0.473. The van der Waals surface area contributed by atoms with Gasteiger partial charge in [-0.05, 0) is 42.8 Å². The predicted molar refractivity (Wildman–Crippen MR) is 103 cm³/mol. The summed E-state index contributed by atoms with van der Waals surface area (Å²) in [7, 11) is 0. The number of aromatic nitrogens is 1. The Kier molecular flexibility index (Phi) is 5.04. The predicted octanol–water partition coefficient (Wildman–Crippen LogP) is 3.77. The standard InChI is InChI=1S/C20H22ClN3O3/c1-14-12-16(21)3-4-17(14)23-18-5-2-15(13-22-18)19(25)24-8-6-20(7-9-24)26-10-11-27-20/h2-5,12-13H,6-11H2,1H3,(H,22,23). The fraction of sp³-hybridized carbons (Fsp3) is 0.400. The first-order valence-corrected chi connectivity index (χ1v) is 9.49. The number of anilines is 2. The molecule has 0 aliphatic carbocycles. The number of nitrogens with zero attached hydrogens (tertiary/aromatic N) is 2. The Morgan fingerprint density at radius 2 is 1.93 bits per heavy atom. The molecule has 2 aliphatic rings. The normalized spacial score (nSPS) is 18.7. The topological polar surface area (TPSA) is 63.7 Å². The zero-order chi connectivity index (χ0) is 18.9. The highest BCUT2D eigenvalue weighted by Gasteiger charge is 2.40. The van der Waals surface area contributed by atoms with Gasteiger partial charge in [-0.3, -0.25) is 4.79 Å². The second-order valence-electron chi connectivity index (χ2n) is 6.92. The zero-order valence-electron chi connectivity index (χ0n) is 15.2. The summed E-state index contributed by atoms with van der Waals surface area (Å²) < 4.78 is 11.4. The lowest BCUT2D eigenvalue weighted by molar-refractivity contribution is -0.181. The van der Waals surface area contributed by atoms with Crippen LogP contribution in [0.2, 0.25) is 5.02 Å². The molecule has 7 heteroatoms. The van der Waals surface area contributed by atoms with Crippen LogP contribution in [0.5, 0.6) is 0 Å². The van der Waals surface area contributed by atoms with Gasteiger partial charge in [-0.1, -0.05) is 11.6 Å². The van der Waals surface area contributed by atoms with Crippen molar-refractivity contribution in [2.45, 2.75) is 25.6 Å². The third-order valence-corrected chi connectivity index (χ3v) is 5.32. The van der Waals surface area contributed by atoms with Gasteiger partial charge in [-0.15, -0.1) is 0 Å². The van der Waals surface area contributed by atoms with Gasteiger partial charge >= 0.3 is 0 Å². The number of halogens is 1. The highest BCUT2D eigenvalue weighted by Crippen LogP contribution is 2.31. The van der Waals surface area contributed by atoms with Crippen molar-refractivity contribution in [1.29, 1.82) is 0 Å². The molecule has 6 nitrogen and oxygen atoms in total. The van der Waals surface area contributed by atoms with E-state index in [1.54, 1.807) is 12.3 Å². The second-order valence-corrected chi connectivity index (χ2v) is 7.35. The maximum Gasteiger partial charge on any atom is 0.255 e. The van der Waals surface area contributed by atoms with E-state index in [-0.39, 0.29) is 5.91 Å². The molecule has 1 aromatic heterocycles. The van der Waals surface area contributed by atoms with Crippen molar-refractivity contribution in [3.05, 3.63) is 52.7 Å². The molecule has 0 saturated carbocycles. The van der Waals surface area contributed by atoms with Crippen LogP contribution in [0.4, 0.5) is 11.5 Å². The Labute approximate surface area is 163 Å². The van der Waals surface area contributed by atoms with Gasteiger partial charge in [0.2, 0.25) is 0 Å². The van der Waals surface area contributed by atoms with Crippen LogP contribution >= 0.6 is 11.6 Å². The van der Waals surface area contributed by atoms with E-state index in [1.165, 1.54) is 0 Å². The molecule has 2 saturated heterocycles. The van der Waals surface area contributed by atoms with Crippen LogP contribution in [0.3, 0.4) is 0 Å². The Bertz CT molecular complexity index is 825. The third kappa shape index (κ3) is 3.93. The Morgan fingerprint density at radius 3 is 2.56 bits per heavy atom. The van der Waals surface area contributed by atoms with Crippen molar-refractivity contribution in [2.24, 2.45) is 0 Å². The summed E-state index contributed by atoms with van der Waals surface area (Å²) in [5.74, 6) is 0.200. The quantitative estimate of drug-likeness (QED) is 0.868. The number of likely N-dealkylation sites (tertiary alicyclic amines) is 1. The molecule has 1 spiro atoms. The molecule has 1 N–H and O–H groups in total. The molecule has 142 valence electrons.